The van der Waals surface area contributed by atoms with Crippen molar-refractivity contribution in [2.45, 2.75) is 6.18 Å². The highest BCUT2D eigenvalue weighted by Crippen LogP contribution is 2.38. The van der Waals surface area contributed by atoms with Gasteiger partial charge in [0.2, 0.25) is 5.88 Å². The molecule has 0 radical (unpaired) electrons. The molecule has 8 heteroatoms. The zero-order valence-electron chi connectivity index (χ0n) is 15.6. The fourth-order valence-corrected chi connectivity index (χ4v) is 2.96. The Bertz CT molecular complexity index is 1230. The van der Waals surface area contributed by atoms with Gasteiger partial charge in [0.15, 0.2) is 17.3 Å². The van der Waals surface area contributed by atoms with Crippen LogP contribution in [0.5, 0.6) is 23.1 Å². The number of benzene rings is 3. The van der Waals surface area contributed by atoms with Gasteiger partial charge in [0.25, 0.3) is 0 Å². The molecule has 1 heterocycles. The lowest BCUT2D eigenvalue weighted by molar-refractivity contribution is -0.137. The van der Waals surface area contributed by atoms with Crippen molar-refractivity contribution in [2.24, 2.45) is 0 Å². The molecule has 3 aromatic carbocycles. The molecule has 0 fully saturated rings. The standard InChI is InChI=1S/C22H15F3N2O3/c1-29-18-11-5-9-16(19(18)28)20-26-17-10-3-2-8-15(17)21(27-20)30-14-7-4-6-13(12-14)22(23,24)25/h2-12,28H,1H3. The monoisotopic (exact) mass is 412 g/mol. The number of aromatic hydroxyl groups is 1. The number of ether oxygens (including phenoxy) is 2. The number of phenolic OH excluding ortho intramolecular Hbond substituents is 1. The van der Waals surface area contributed by atoms with E-state index in [0.29, 0.717) is 16.5 Å². The second-order valence-electron chi connectivity index (χ2n) is 6.35. The number of hydrogen-bond donors (Lipinski definition) is 1. The van der Waals surface area contributed by atoms with Crippen LogP contribution in [0.1, 0.15) is 5.56 Å². The molecule has 1 aromatic heterocycles. The summed E-state index contributed by atoms with van der Waals surface area (Å²) in [5.74, 6) is 0.281. The molecule has 0 aliphatic heterocycles. The molecular formula is C22H15F3N2O3. The molecule has 4 rings (SSSR count). The summed E-state index contributed by atoms with van der Waals surface area (Å²) in [5.41, 5.74) is -0.0234. The lowest BCUT2D eigenvalue weighted by atomic mass is 10.1. The minimum absolute atomic E-state index is 0.0190. The molecule has 0 saturated heterocycles. The second kappa shape index (κ2) is 7.55. The average Bonchev–Trinajstić information content (AvgIpc) is 2.73. The molecule has 0 aliphatic carbocycles. The first-order valence-electron chi connectivity index (χ1n) is 8.85. The highest BCUT2D eigenvalue weighted by molar-refractivity contribution is 5.86. The van der Waals surface area contributed by atoms with Gasteiger partial charge in [0.05, 0.1) is 29.1 Å². The molecular weight excluding hydrogens is 397 g/mol. The van der Waals surface area contributed by atoms with Crippen molar-refractivity contribution in [3.05, 3.63) is 72.3 Å². The summed E-state index contributed by atoms with van der Waals surface area (Å²) in [4.78, 5) is 8.82. The molecule has 0 saturated carbocycles. The van der Waals surface area contributed by atoms with Crippen LogP contribution in [0, 0.1) is 0 Å². The maximum atomic E-state index is 13.0. The zero-order valence-corrected chi connectivity index (χ0v) is 15.6. The fourth-order valence-electron chi connectivity index (χ4n) is 2.96. The number of phenols is 1. The largest absolute Gasteiger partial charge is 0.504 e. The number of aromatic nitrogens is 2. The average molecular weight is 412 g/mol. The number of hydrogen-bond acceptors (Lipinski definition) is 5. The van der Waals surface area contributed by atoms with Crippen LogP contribution in [0.15, 0.2) is 66.7 Å². The smallest absolute Gasteiger partial charge is 0.416 e. The molecule has 0 aliphatic rings. The van der Waals surface area contributed by atoms with E-state index in [1.165, 1.54) is 19.2 Å². The van der Waals surface area contributed by atoms with Crippen molar-refractivity contribution in [3.63, 3.8) is 0 Å². The Balaban J connectivity index is 1.85. The van der Waals surface area contributed by atoms with Crippen LogP contribution in [0.25, 0.3) is 22.3 Å². The summed E-state index contributed by atoms with van der Waals surface area (Å²) in [6, 6.07) is 16.3. The van der Waals surface area contributed by atoms with Crippen LogP contribution in [-0.2, 0) is 6.18 Å². The first-order chi connectivity index (χ1) is 14.4. The van der Waals surface area contributed by atoms with Gasteiger partial charge in [-0.2, -0.15) is 18.2 Å². The Kier molecular flexibility index (Phi) is 4.91. The summed E-state index contributed by atoms with van der Waals surface area (Å²) in [7, 11) is 1.42. The van der Waals surface area contributed by atoms with Crippen LogP contribution in [0.3, 0.4) is 0 Å². The van der Waals surface area contributed by atoms with E-state index in [1.807, 2.05) is 0 Å². The van der Waals surface area contributed by atoms with Crippen molar-refractivity contribution < 1.29 is 27.8 Å². The molecule has 30 heavy (non-hydrogen) atoms. The molecule has 1 N–H and O–H groups in total. The van der Waals surface area contributed by atoms with Crippen LogP contribution in [0.2, 0.25) is 0 Å². The van der Waals surface area contributed by atoms with Crippen molar-refractivity contribution in [3.8, 4) is 34.5 Å². The van der Waals surface area contributed by atoms with Gasteiger partial charge in [-0.05, 0) is 42.5 Å². The number of fused-ring (bicyclic) bond motifs is 1. The number of nitrogens with zero attached hydrogens (tertiary/aromatic N) is 2. The van der Waals surface area contributed by atoms with E-state index < -0.39 is 11.7 Å². The summed E-state index contributed by atoms with van der Waals surface area (Å²) < 4.78 is 50.0. The third-order valence-electron chi connectivity index (χ3n) is 4.40. The van der Waals surface area contributed by atoms with Gasteiger partial charge < -0.3 is 14.6 Å². The van der Waals surface area contributed by atoms with E-state index in [-0.39, 0.29) is 29.0 Å². The predicted molar refractivity (Wildman–Crippen MR) is 105 cm³/mol. The van der Waals surface area contributed by atoms with Crippen LogP contribution >= 0.6 is 0 Å². The van der Waals surface area contributed by atoms with Crippen LogP contribution < -0.4 is 9.47 Å². The molecule has 152 valence electrons. The summed E-state index contributed by atoms with van der Waals surface area (Å²) in [5, 5.41) is 11.0. The Morgan fingerprint density at radius 2 is 1.67 bits per heavy atom. The molecule has 4 aromatic rings. The maximum Gasteiger partial charge on any atom is 0.416 e. The van der Waals surface area contributed by atoms with E-state index in [9.17, 15) is 18.3 Å². The van der Waals surface area contributed by atoms with E-state index >= 15 is 0 Å². The van der Waals surface area contributed by atoms with E-state index in [4.69, 9.17) is 9.47 Å². The van der Waals surface area contributed by atoms with Gasteiger partial charge in [-0.1, -0.05) is 24.3 Å². The Hall–Kier alpha value is -3.81. The fraction of sp³-hybridized carbons (Fsp3) is 0.0909. The Morgan fingerprint density at radius 3 is 2.43 bits per heavy atom. The van der Waals surface area contributed by atoms with Crippen molar-refractivity contribution in [1.82, 2.24) is 9.97 Å². The number of alkyl halides is 3. The lowest BCUT2D eigenvalue weighted by Gasteiger charge is -2.13. The topological polar surface area (TPSA) is 64.5 Å². The lowest BCUT2D eigenvalue weighted by Crippen LogP contribution is -2.04. The molecule has 0 amide bonds. The molecule has 0 spiro atoms. The van der Waals surface area contributed by atoms with E-state index in [2.05, 4.69) is 9.97 Å². The number of halogens is 3. The summed E-state index contributed by atoms with van der Waals surface area (Å²) in [6.45, 7) is 0. The van der Waals surface area contributed by atoms with Crippen LogP contribution in [-0.4, -0.2) is 22.2 Å². The first kappa shape index (κ1) is 19.5. The number of methoxy groups -OCH3 is 1. The van der Waals surface area contributed by atoms with E-state index in [1.54, 1.807) is 42.5 Å². The van der Waals surface area contributed by atoms with E-state index in [0.717, 1.165) is 12.1 Å². The molecule has 0 unspecified atom stereocenters. The molecule has 0 bridgehead atoms. The van der Waals surface area contributed by atoms with Crippen molar-refractivity contribution >= 4 is 10.9 Å². The number of para-hydroxylation sites is 2. The second-order valence-corrected chi connectivity index (χ2v) is 6.35. The Labute approximate surface area is 169 Å². The minimum Gasteiger partial charge on any atom is -0.504 e. The SMILES string of the molecule is COc1cccc(-c2nc(Oc3cccc(C(F)(F)F)c3)c3ccccc3n2)c1O. The Morgan fingerprint density at radius 1 is 0.900 bits per heavy atom. The van der Waals surface area contributed by atoms with Crippen LogP contribution in [0.4, 0.5) is 13.2 Å². The van der Waals surface area contributed by atoms with Gasteiger partial charge in [0, 0.05) is 0 Å². The maximum absolute atomic E-state index is 13.0. The summed E-state index contributed by atoms with van der Waals surface area (Å²) in [6.07, 6.45) is -4.50. The summed E-state index contributed by atoms with van der Waals surface area (Å²) >= 11 is 0. The minimum atomic E-state index is -4.50. The highest BCUT2D eigenvalue weighted by Gasteiger charge is 2.30. The van der Waals surface area contributed by atoms with Gasteiger partial charge >= 0.3 is 6.18 Å². The van der Waals surface area contributed by atoms with Gasteiger partial charge in [-0.25, -0.2) is 4.98 Å². The number of rotatable bonds is 4. The molecule has 0 atom stereocenters. The quantitative estimate of drug-likeness (QED) is 0.457. The normalized spacial score (nSPS) is 11.5. The predicted octanol–water partition coefficient (Wildman–Crippen LogP) is 5.82. The molecule has 5 nitrogen and oxygen atoms in total. The first-order valence-corrected chi connectivity index (χ1v) is 8.85. The van der Waals surface area contributed by atoms with Crippen molar-refractivity contribution in [1.29, 1.82) is 0 Å². The zero-order chi connectivity index (χ0) is 21.3. The highest BCUT2D eigenvalue weighted by atomic mass is 19.4. The van der Waals surface area contributed by atoms with Gasteiger partial charge in [-0.3, -0.25) is 0 Å². The third kappa shape index (κ3) is 3.71. The van der Waals surface area contributed by atoms with Gasteiger partial charge in [0.1, 0.15) is 5.75 Å². The van der Waals surface area contributed by atoms with Gasteiger partial charge in [-0.15, -0.1) is 0 Å². The van der Waals surface area contributed by atoms with Crippen molar-refractivity contribution in [2.75, 3.05) is 7.11 Å². The third-order valence-corrected chi connectivity index (χ3v) is 4.40.